The van der Waals surface area contributed by atoms with E-state index in [-0.39, 0.29) is 18.4 Å². The van der Waals surface area contributed by atoms with Crippen LogP contribution in [-0.4, -0.2) is 55.2 Å². The van der Waals surface area contributed by atoms with Crippen molar-refractivity contribution in [1.82, 2.24) is 5.32 Å². The molecule has 32 heavy (non-hydrogen) atoms. The summed E-state index contributed by atoms with van der Waals surface area (Å²) in [7, 11) is 5.89. The number of unbranched alkanes of at least 4 members (excludes halogenated alkanes) is 6. The number of amides is 1. The first kappa shape index (κ1) is 27.9. The lowest BCUT2D eigenvalue weighted by atomic mass is 10.0. The molecule has 1 aromatic carbocycles. The van der Waals surface area contributed by atoms with Crippen LogP contribution < -0.4 is 5.32 Å². The molecule has 0 spiro atoms. The molecule has 1 atom stereocenters. The minimum absolute atomic E-state index is 0.0757. The number of aliphatic carboxylic acids is 1. The van der Waals surface area contributed by atoms with E-state index in [1.54, 1.807) is 12.1 Å². The average molecular weight is 460 g/mol. The van der Waals surface area contributed by atoms with Gasteiger partial charge in [-0.1, -0.05) is 44.2 Å². The molecule has 0 fully saturated rings. The van der Waals surface area contributed by atoms with Gasteiger partial charge in [-0.05, 0) is 37.0 Å². The van der Waals surface area contributed by atoms with Gasteiger partial charge < -0.3 is 14.9 Å². The van der Waals surface area contributed by atoms with Gasteiger partial charge in [0, 0.05) is 6.42 Å². The monoisotopic (exact) mass is 459 g/mol. The predicted octanol–water partition coefficient (Wildman–Crippen LogP) is 5.03. The van der Waals surface area contributed by atoms with E-state index in [2.05, 4.69) is 5.32 Å². The van der Waals surface area contributed by atoms with Crippen molar-refractivity contribution in [3.63, 3.8) is 0 Å². The van der Waals surface area contributed by atoms with Crippen molar-refractivity contribution in [1.29, 1.82) is 0 Å². The lowest BCUT2D eigenvalue weighted by molar-refractivity contribution is -0.871. The number of carboxylic acids is 1. The Labute approximate surface area is 189 Å². The lowest BCUT2D eigenvalue weighted by Crippen LogP contribution is -2.49. The number of likely N-dealkylation sites (N-methyl/N-ethyl adjacent to an activating group) is 1. The maximum absolute atomic E-state index is 12.6. The summed E-state index contributed by atoms with van der Waals surface area (Å²) in [6, 6.07) is 5.00. The first-order chi connectivity index (χ1) is 14.9. The average Bonchev–Trinajstić information content (AvgIpc) is 2.64. The number of alkyl halides is 3. The normalized spacial score (nSPS) is 13.1. The van der Waals surface area contributed by atoms with E-state index < -0.39 is 17.7 Å². The molecule has 0 bridgehead atoms. The van der Waals surface area contributed by atoms with Gasteiger partial charge in [0.1, 0.15) is 0 Å². The van der Waals surface area contributed by atoms with Crippen LogP contribution in [-0.2, 0) is 22.2 Å². The number of aryl methyl sites for hydroxylation is 1. The summed E-state index contributed by atoms with van der Waals surface area (Å²) in [5, 5.41) is 11.9. The number of halogens is 3. The van der Waals surface area contributed by atoms with E-state index in [0.29, 0.717) is 17.4 Å². The van der Waals surface area contributed by atoms with Crippen LogP contribution in [0.4, 0.5) is 13.2 Å². The Morgan fingerprint density at radius 2 is 1.47 bits per heavy atom. The summed E-state index contributed by atoms with van der Waals surface area (Å²) in [5.74, 6) is -1.01. The maximum Gasteiger partial charge on any atom is 0.416 e. The third-order valence-electron chi connectivity index (χ3n) is 5.20. The number of nitrogens with one attached hydrogen (secondary N) is 1. The first-order valence-electron chi connectivity index (χ1n) is 11.3. The second-order valence-corrected chi connectivity index (χ2v) is 9.50. The molecule has 0 aliphatic carbocycles. The minimum Gasteiger partial charge on any atom is -0.481 e. The number of carbonyl (C=O) groups is 2. The zero-order valence-corrected chi connectivity index (χ0v) is 19.5. The van der Waals surface area contributed by atoms with Crippen molar-refractivity contribution in [3.8, 4) is 0 Å². The zero-order valence-electron chi connectivity index (χ0n) is 19.5. The Kier molecular flexibility index (Phi) is 11.8. The molecule has 182 valence electrons. The Morgan fingerprint density at radius 3 is 1.97 bits per heavy atom. The number of rotatable bonds is 15. The fourth-order valence-corrected chi connectivity index (χ4v) is 3.69. The van der Waals surface area contributed by atoms with Crippen LogP contribution in [0.25, 0.3) is 0 Å². The van der Waals surface area contributed by atoms with E-state index in [0.717, 1.165) is 69.1 Å². The highest BCUT2D eigenvalue weighted by Gasteiger charge is 2.29. The molecule has 0 heterocycles. The Morgan fingerprint density at radius 1 is 0.938 bits per heavy atom. The van der Waals surface area contributed by atoms with Gasteiger partial charge in [-0.25, -0.2) is 0 Å². The van der Waals surface area contributed by atoms with Gasteiger partial charge >= 0.3 is 12.1 Å². The molecule has 0 aromatic heterocycles. The van der Waals surface area contributed by atoms with Gasteiger partial charge in [-0.15, -0.1) is 0 Å². The molecule has 1 amide bonds. The molecule has 1 aromatic rings. The van der Waals surface area contributed by atoms with Crippen LogP contribution in [0.5, 0.6) is 0 Å². The largest absolute Gasteiger partial charge is 0.481 e. The van der Waals surface area contributed by atoms with Gasteiger partial charge in [-0.2, -0.15) is 13.2 Å². The van der Waals surface area contributed by atoms with Crippen LogP contribution >= 0.6 is 0 Å². The Balaban J connectivity index is 2.11. The molecule has 0 aliphatic rings. The summed E-state index contributed by atoms with van der Waals surface area (Å²) < 4.78 is 38.3. The van der Waals surface area contributed by atoms with E-state index >= 15 is 0 Å². The number of nitrogens with zero attached hydrogens (tertiary/aromatic N) is 1. The molecule has 5 nitrogen and oxygen atoms in total. The fraction of sp³-hybridized carbons (Fsp3) is 0.667. The van der Waals surface area contributed by atoms with Gasteiger partial charge in [0.05, 0.1) is 45.7 Å². The highest BCUT2D eigenvalue weighted by Crippen LogP contribution is 2.29. The zero-order chi connectivity index (χ0) is 24.2. The summed E-state index contributed by atoms with van der Waals surface area (Å²) in [6.07, 6.45) is 3.70. The highest BCUT2D eigenvalue weighted by atomic mass is 19.4. The van der Waals surface area contributed by atoms with Crippen LogP contribution in [0, 0.1) is 0 Å². The molecule has 0 saturated carbocycles. The standard InChI is InChI=1S/C24H37F3N2O3/c1-29(2,3)18-21(17-23(31)32)28-22(30)12-10-8-6-4-5-7-9-11-19-13-15-20(16-14-19)24(25,26)27/h13-16,21H,4-12,17-18H2,1-3H3,(H-,28,30,31,32)/p+1. The first-order valence-corrected chi connectivity index (χ1v) is 11.3. The molecule has 0 radical (unpaired) electrons. The Bertz CT molecular complexity index is 698. The Hall–Kier alpha value is -2.09. The molecular weight excluding hydrogens is 421 g/mol. The van der Waals surface area contributed by atoms with Crippen LogP contribution in [0.2, 0.25) is 0 Å². The van der Waals surface area contributed by atoms with Crippen molar-refractivity contribution < 1.29 is 32.3 Å². The van der Waals surface area contributed by atoms with Gasteiger partial charge in [-0.3, -0.25) is 9.59 Å². The number of carboxylic acid groups (broad SMARTS) is 1. The van der Waals surface area contributed by atoms with Crippen LogP contribution in [0.3, 0.4) is 0 Å². The van der Waals surface area contributed by atoms with E-state index in [9.17, 15) is 22.8 Å². The third-order valence-corrected chi connectivity index (χ3v) is 5.20. The number of hydrogen-bond acceptors (Lipinski definition) is 2. The van der Waals surface area contributed by atoms with Crippen LogP contribution in [0.1, 0.15) is 68.9 Å². The van der Waals surface area contributed by atoms with Gasteiger partial charge in [0.25, 0.3) is 0 Å². The van der Waals surface area contributed by atoms with E-state index in [1.807, 2.05) is 21.1 Å². The SMILES string of the molecule is C[N+](C)(C)CC(CC(=O)O)NC(=O)CCCCCCCCCc1ccc(C(F)(F)F)cc1. The third kappa shape index (κ3) is 13.3. The fourth-order valence-electron chi connectivity index (χ4n) is 3.69. The van der Waals surface area contributed by atoms with Crippen molar-refractivity contribution >= 4 is 11.9 Å². The van der Waals surface area contributed by atoms with Crippen LogP contribution in [0.15, 0.2) is 24.3 Å². The van der Waals surface area contributed by atoms with Gasteiger partial charge in [0.15, 0.2) is 0 Å². The summed E-state index contributed by atoms with van der Waals surface area (Å²) in [4.78, 5) is 23.1. The number of quaternary nitrogens is 1. The predicted molar refractivity (Wildman–Crippen MR) is 119 cm³/mol. The van der Waals surface area contributed by atoms with Crippen molar-refractivity contribution in [3.05, 3.63) is 35.4 Å². The minimum atomic E-state index is -4.29. The summed E-state index contributed by atoms with van der Waals surface area (Å²) in [5.41, 5.74) is 0.316. The molecule has 0 saturated heterocycles. The topological polar surface area (TPSA) is 66.4 Å². The number of hydrogen-bond donors (Lipinski definition) is 2. The molecular formula is C24H38F3N2O3+. The smallest absolute Gasteiger partial charge is 0.416 e. The molecule has 2 N–H and O–H groups in total. The molecule has 8 heteroatoms. The second kappa shape index (κ2) is 13.5. The summed E-state index contributed by atoms with van der Waals surface area (Å²) >= 11 is 0. The maximum atomic E-state index is 12.6. The summed E-state index contributed by atoms with van der Waals surface area (Å²) in [6.45, 7) is 0.560. The number of carbonyl (C=O) groups excluding carboxylic acids is 1. The lowest BCUT2D eigenvalue weighted by Gasteiger charge is -2.29. The van der Waals surface area contributed by atoms with Crippen molar-refractivity contribution in [2.75, 3.05) is 27.7 Å². The molecule has 0 aliphatic heterocycles. The molecule has 1 rings (SSSR count). The van der Waals surface area contributed by atoms with Gasteiger partial charge in [0.2, 0.25) is 5.91 Å². The highest BCUT2D eigenvalue weighted by molar-refractivity contribution is 5.77. The van der Waals surface area contributed by atoms with E-state index in [4.69, 9.17) is 5.11 Å². The van der Waals surface area contributed by atoms with Crippen molar-refractivity contribution in [2.45, 2.75) is 76.4 Å². The molecule has 1 unspecified atom stereocenters. The quantitative estimate of drug-likeness (QED) is 0.285. The number of benzene rings is 1. The van der Waals surface area contributed by atoms with Crippen molar-refractivity contribution in [2.24, 2.45) is 0 Å². The van der Waals surface area contributed by atoms with E-state index in [1.165, 1.54) is 0 Å². The second-order valence-electron chi connectivity index (χ2n) is 9.50.